The SMILES string of the molecule is CC(C)(C)c1ccc(-n2c3[c-]c(Oc4[c-]c(-c5nccc6c5Oc5c(n(-c7cccc(-c8ccccc8)c7)c7ccccc57)C6(C)C)ccc4)ccc3n3c4ccccc4nc23)nc1.[Pt+2]. The van der Waals surface area contributed by atoms with Crippen LogP contribution in [-0.4, -0.2) is 28.5 Å². The summed E-state index contributed by atoms with van der Waals surface area (Å²) in [5, 5.41) is 1.04. The van der Waals surface area contributed by atoms with Crippen LogP contribution in [0.25, 0.3) is 72.6 Å². The molecule has 0 fully saturated rings. The van der Waals surface area contributed by atoms with Crippen molar-refractivity contribution in [3.05, 3.63) is 193 Å². The molecule has 0 amide bonds. The van der Waals surface area contributed by atoms with E-state index in [1.807, 2.05) is 54.9 Å². The van der Waals surface area contributed by atoms with E-state index >= 15 is 0 Å². The zero-order chi connectivity index (χ0) is 43.3. The predicted octanol–water partition coefficient (Wildman–Crippen LogP) is 13.6. The normalized spacial score (nSPS) is 13.1. The Kier molecular flexibility index (Phi) is 9.45. The van der Waals surface area contributed by atoms with Gasteiger partial charge < -0.3 is 23.4 Å². The monoisotopic (exact) mass is 1030 g/mol. The summed E-state index contributed by atoms with van der Waals surface area (Å²) in [6.45, 7) is 11.1. The van der Waals surface area contributed by atoms with Crippen molar-refractivity contribution in [2.75, 3.05) is 0 Å². The summed E-state index contributed by atoms with van der Waals surface area (Å²) in [5.74, 6) is 4.10. The molecule has 11 aromatic rings. The maximum atomic E-state index is 7.10. The second-order valence-corrected chi connectivity index (χ2v) is 18.0. The zero-order valence-corrected chi connectivity index (χ0v) is 38.7. The second-order valence-electron chi connectivity index (χ2n) is 18.0. The molecule has 12 rings (SSSR count). The summed E-state index contributed by atoms with van der Waals surface area (Å²) in [7, 11) is 0. The van der Waals surface area contributed by atoms with Gasteiger partial charge in [-0.25, -0.2) is 9.97 Å². The summed E-state index contributed by atoms with van der Waals surface area (Å²) in [4.78, 5) is 15.0. The molecule has 9 heteroatoms. The Morgan fingerprint density at radius 2 is 1.40 bits per heavy atom. The van der Waals surface area contributed by atoms with Gasteiger partial charge in [0.2, 0.25) is 5.78 Å². The fourth-order valence-corrected chi connectivity index (χ4v) is 9.38. The van der Waals surface area contributed by atoms with Gasteiger partial charge in [0, 0.05) is 51.6 Å². The Balaban J connectivity index is 0.00000469. The molecule has 0 N–H and O–H groups in total. The number of pyridine rings is 2. The number of rotatable bonds is 6. The zero-order valence-electron chi connectivity index (χ0n) is 36.4. The maximum absolute atomic E-state index is 7.10. The van der Waals surface area contributed by atoms with Crippen LogP contribution in [0.5, 0.6) is 23.0 Å². The van der Waals surface area contributed by atoms with Gasteiger partial charge in [-0.3, -0.25) is 4.57 Å². The first-order chi connectivity index (χ1) is 31.1. The van der Waals surface area contributed by atoms with Crippen molar-refractivity contribution in [1.29, 1.82) is 0 Å². The van der Waals surface area contributed by atoms with E-state index in [4.69, 9.17) is 24.4 Å². The third-order valence-corrected chi connectivity index (χ3v) is 12.6. The molecule has 0 atom stereocenters. The van der Waals surface area contributed by atoms with Crippen LogP contribution in [0, 0.1) is 12.1 Å². The predicted molar refractivity (Wildman–Crippen MR) is 254 cm³/mol. The molecular weight excluding hydrogens is 984 g/mol. The Bertz CT molecular complexity index is 3630. The summed E-state index contributed by atoms with van der Waals surface area (Å²) in [6.07, 6.45) is 3.82. The third kappa shape index (κ3) is 6.49. The molecule has 0 radical (unpaired) electrons. The van der Waals surface area contributed by atoms with Gasteiger partial charge >= 0.3 is 21.1 Å². The maximum Gasteiger partial charge on any atom is 2.00 e. The fourth-order valence-electron chi connectivity index (χ4n) is 9.38. The van der Waals surface area contributed by atoms with Crippen LogP contribution in [0.1, 0.15) is 51.4 Å². The summed E-state index contributed by atoms with van der Waals surface area (Å²) in [5.41, 5.74) is 12.4. The fraction of sp³-hybridized carbons (Fsp3) is 0.125. The number of hydrogen-bond acceptors (Lipinski definition) is 5. The summed E-state index contributed by atoms with van der Waals surface area (Å²) < 4.78 is 20.3. The topological polar surface area (TPSA) is 71.4 Å². The molecule has 0 aliphatic carbocycles. The van der Waals surface area contributed by atoms with Gasteiger partial charge in [-0.2, -0.15) is 0 Å². The number of fused-ring (bicyclic) bond motifs is 9. The number of hydrogen-bond donors (Lipinski definition) is 0. The van der Waals surface area contributed by atoms with E-state index in [0.717, 1.165) is 83.9 Å². The molecule has 5 aromatic heterocycles. The van der Waals surface area contributed by atoms with Crippen molar-refractivity contribution in [2.24, 2.45) is 0 Å². The summed E-state index contributed by atoms with van der Waals surface area (Å²) in [6, 6.07) is 59.2. The molecule has 6 aromatic carbocycles. The Labute approximate surface area is 391 Å². The first-order valence-electron chi connectivity index (χ1n) is 21.6. The van der Waals surface area contributed by atoms with Crippen molar-refractivity contribution in [3.63, 3.8) is 0 Å². The minimum Gasteiger partial charge on any atom is -0.503 e. The molecule has 65 heavy (non-hydrogen) atoms. The van der Waals surface area contributed by atoms with Crippen molar-refractivity contribution in [2.45, 2.75) is 45.4 Å². The van der Waals surface area contributed by atoms with E-state index < -0.39 is 5.41 Å². The van der Waals surface area contributed by atoms with Gasteiger partial charge in [0.25, 0.3) is 0 Å². The molecule has 0 saturated heterocycles. The van der Waals surface area contributed by atoms with Crippen LogP contribution in [0.15, 0.2) is 164 Å². The number of para-hydroxylation sites is 3. The standard InChI is InChI=1S/C56H42N6O2.Pt/c1-55(2,3)38-25-28-49(58-34-38)62-48-33-41(26-27-47(48)61-46-24-12-10-22-44(46)59-54(61)62)63-40-20-14-18-37(32-40)50-52-43(29-30-57-50)56(4,5)53-51(64-52)42-21-9-11-23-45(42)60(53)39-19-13-17-36(31-39)35-15-7-6-8-16-35;/h6-31,34H,1-5H3;/q-2;+2. The van der Waals surface area contributed by atoms with Gasteiger partial charge in [0.15, 0.2) is 5.75 Å². The van der Waals surface area contributed by atoms with Crippen LogP contribution >= 0.6 is 0 Å². The van der Waals surface area contributed by atoms with Crippen LogP contribution < -0.4 is 9.47 Å². The van der Waals surface area contributed by atoms with E-state index in [9.17, 15) is 0 Å². The van der Waals surface area contributed by atoms with Gasteiger partial charge in [-0.15, -0.1) is 42.0 Å². The molecular formula is C56H42N6O2Pt. The first kappa shape index (κ1) is 40.5. The summed E-state index contributed by atoms with van der Waals surface area (Å²) >= 11 is 0. The molecule has 6 heterocycles. The van der Waals surface area contributed by atoms with Gasteiger partial charge in [-0.05, 0) is 95.5 Å². The van der Waals surface area contributed by atoms with Crippen LogP contribution in [-0.2, 0) is 31.9 Å². The number of ether oxygens (including phenoxy) is 2. The molecule has 8 nitrogen and oxygen atoms in total. The number of benzene rings is 6. The van der Waals surface area contributed by atoms with E-state index in [1.165, 1.54) is 5.56 Å². The average molecular weight is 1030 g/mol. The smallest absolute Gasteiger partial charge is 0.503 e. The molecule has 1 aliphatic rings. The molecule has 0 bridgehead atoms. The number of imidazole rings is 2. The van der Waals surface area contributed by atoms with Crippen molar-refractivity contribution >= 4 is 38.7 Å². The van der Waals surface area contributed by atoms with Crippen LogP contribution in [0.4, 0.5) is 0 Å². The number of aromatic nitrogens is 6. The third-order valence-electron chi connectivity index (χ3n) is 12.6. The van der Waals surface area contributed by atoms with Gasteiger partial charge in [-0.1, -0.05) is 99.6 Å². The van der Waals surface area contributed by atoms with Gasteiger partial charge in [0.1, 0.15) is 11.6 Å². The molecule has 1 aliphatic heterocycles. The van der Waals surface area contributed by atoms with Crippen molar-refractivity contribution in [1.82, 2.24) is 28.5 Å². The quantitative estimate of drug-likeness (QED) is 0.155. The van der Waals surface area contributed by atoms with Crippen LogP contribution in [0.2, 0.25) is 0 Å². The van der Waals surface area contributed by atoms with Crippen molar-refractivity contribution < 1.29 is 30.5 Å². The van der Waals surface area contributed by atoms with E-state index in [2.05, 4.69) is 169 Å². The Morgan fingerprint density at radius 1 is 0.646 bits per heavy atom. The minimum absolute atomic E-state index is 0. The van der Waals surface area contributed by atoms with E-state index in [-0.39, 0.29) is 26.5 Å². The Hall–Kier alpha value is -7.28. The van der Waals surface area contributed by atoms with Crippen molar-refractivity contribution in [3.8, 4) is 56.9 Å². The van der Waals surface area contributed by atoms with Crippen LogP contribution in [0.3, 0.4) is 0 Å². The molecule has 0 spiro atoms. The number of nitrogens with zero attached hydrogens (tertiary/aromatic N) is 6. The van der Waals surface area contributed by atoms with E-state index in [1.54, 1.807) is 0 Å². The first-order valence-corrected chi connectivity index (χ1v) is 21.6. The molecule has 318 valence electrons. The average Bonchev–Trinajstić information content (AvgIpc) is 3.96. The molecule has 0 saturated carbocycles. The van der Waals surface area contributed by atoms with Gasteiger partial charge in [0.05, 0.1) is 22.2 Å². The largest absolute Gasteiger partial charge is 2.00 e. The Morgan fingerprint density at radius 3 is 2.22 bits per heavy atom. The second kappa shape index (κ2) is 15.2. The minimum atomic E-state index is -0.469. The van der Waals surface area contributed by atoms with E-state index in [0.29, 0.717) is 22.9 Å². The molecule has 0 unspecified atom stereocenters.